The van der Waals surface area contributed by atoms with Crippen molar-refractivity contribution >= 4 is 17.7 Å². The van der Waals surface area contributed by atoms with Crippen LogP contribution in [0.15, 0.2) is 24.3 Å². The van der Waals surface area contributed by atoms with Crippen LogP contribution in [0.2, 0.25) is 0 Å². The Morgan fingerprint density at radius 1 is 1.40 bits per heavy atom. The Labute approximate surface area is 121 Å². The lowest BCUT2D eigenvalue weighted by atomic mass is 10.2. The number of halogens is 2. The molecule has 1 amide bonds. The SMILES string of the molecule is CC(SCC(=O)NC1CC1)c1ccc(OC(F)F)cc1. The molecule has 1 atom stereocenters. The highest BCUT2D eigenvalue weighted by Crippen LogP contribution is 2.29. The number of rotatable bonds is 7. The van der Waals surface area contributed by atoms with E-state index in [-0.39, 0.29) is 16.9 Å². The van der Waals surface area contributed by atoms with Crippen LogP contribution < -0.4 is 10.1 Å². The number of hydrogen-bond donors (Lipinski definition) is 1. The van der Waals surface area contributed by atoms with Crippen LogP contribution in [-0.2, 0) is 4.79 Å². The molecular formula is C14H17F2NO2S. The molecule has 0 saturated heterocycles. The predicted octanol–water partition coefficient (Wildman–Crippen LogP) is 3.36. The van der Waals surface area contributed by atoms with Crippen LogP contribution in [0.1, 0.15) is 30.6 Å². The summed E-state index contributed by atoms with van der Waals surface area (Å²) in [6, 6.07) is 6.90. The van der Waals surface area contributed by atoms with Crippen LogP contribution in [0.5, 0.6) is 5.75 Å². The van der Waals surface area contributed by atoms with Gasteiger partial charge in [-0.15, -0.1) is 11.8 Å². The van der Waals surface area contributed by atoms with Crippen molar-refractivity contribution in [3.63, 3.8) is 0 Å². The molecule has 0 aromatic heterocycles. The van der Waals surface area contributed by atoms with E-state index in [1.807, 2.05) is 6.92 Å². The highest BCUT2D eigenvalue weighted by atomic mass is 32.2. The number of alkyl halides is 2. The zero-order chi connectivity index (χ0) is 14.5. The summed E-state index contributed by atoms with van der Waals surface area (Å²) in [5.41, 5.74) is 0.982. The average molecular weight is 301 g/mol. The van der Waals surface area contributed by atoms with E-state index in [2.05, 4.69) is 10.1 Å². The van der Waals surface area contributed by atoms with Crippen molar-refractivity contribution in [2.24, 2.45) is 0 Å². The largest absolute Gasteiger partial charge is 0.435 e. The van der Waals surface area contributed by atoms with E-state index in [9.17, 15) is 13.6 Å². The number of thioether (sulfide) groups is 1. The molecule has 6 heteroatoms. The molecule has 1 aliphatic rings. The topological polar surface area (TPSA) is 38.3 Å². The van der Waals surface area contributed by atoms with Gasteiger partial charge in [-0.3, -0.25) is 4.79 Å². The second-order valence-electron chi connectivity index (χ2n) is 4.74. The molecule has 2 rings (SSSR count). The summed E-state index contributed by atoms with van der Waals surface area (Å²) in [5.74, 6) is 0.613. The second kappa shape index (κ2) is 6.92. The number of carbonyl (C=O) groups is 1. The molecule has 110 valence electrons. The van der Waals surface area contributed by atoms with Crippen LogP contribution in [0, 0.1) is 0 Å². The van der Waals surface area contributed by atoms with Crippen LogP contribution in [0.3, 0.4) is 0 Å². The minimum Gasteiger partial charge on any atom is -0.435 e. The van der Waals surface area contributed by atoms with E-state index >= 15 is 0 Å². The van der Waals surface area contributed by atoms with E-state index in [0.29, 0.717) is 11.8 Å². The predicted molar refractivity (Wildman–Crippen MR) is 75.1 cm³/mol. The first-order valence-corrected chi connectivity index (χ1v) is 7.55. The Balaban J connectivity index is 1.78. The number of amides is 1. The first kappa shape index (κ1) is 15.1. The van der Waals surface area contributed by atoms with E-state index in [1.54, 1.807) is 12.1 Å². The summed E-state index contributed by atoms with van der Waals surface area (Å²) < 4.78 is 28.3. The molecule has 0 bridgehead atoms. The molecule has 3 nitrogen and oxygen atoms in total. The lowest BCUT2D eigenvalue weighted by molar-refractivity contribution is -0.118. The lowest BCUT2D eigenvalue weighted by Gasteiger charge is -2.12. The second-order valence-corrected chi connectivity index (χ2v) is 6.07. The first-order valence-electron chi connectivity index (χ1n) is 6.50. The Morgan fingerprint density at radius 2 is 2.05 bits per heavy atom. The summed E-state index contributed by atoms with van der Waals surface area (Å²) in [4.78, 5) is 11.6. The third kappa shape index (κ3) is 5.00. The fourth-order valence-corrected chi connectivity index (χ4v) is 2.55. The Morgan fingerprint density at radius 3 is 2.60 bits per heavy atom. The van der Waals surface area contributed by atoms with Crippen molar-refractivity contribution in [1.29, 1.82) is 0 Å². The van der Waals surface area contributed by atoms with Crippen molar-refractivity contribution in [3.8, 4) is 5.75 Å². The smallest absolute Gasteiger partial charge is 0.387 e. The Kier molecular flexibility index (Phi) is 5.23. The molecule has 1 aromatic rings. The van der Waals surface area contributed by atoms with E-state index in [1.165, 1.54) is 23.9 Å². The maximum absolute atomic E-state index is 12.0. The molecule has 0 radical (unpaired) electrons. The molecular weight excluding hydrogens is 284 g/mol. The zero-order valence-corrected chi connectivity index (χ0v) is 12.0. The third-order valence-electron chi connectivity index (χ3n) is 2.98. The summed E-state index contributed by atoms with van der Waals surface area (Å²) in [7, 11) is 0. The normalized spacial score (nSPS) is 16.0. The van der Waals surface area contributed by atoms with Gasteiger partial charge in [0.05, 0.1) is 5.75 Å². The molecule has 20 heavy (non-hydrogen) atoms. The average Bonchev–Trinajstić information content (AvgIpc) is 3.20. The minimum absolute atomic E-state index is 0.0574. The summed E-state index contributed by atoms with van der Waals surface area (Å²) in [6.45, 7) is -0.823. The minimum atomic E-state index is -2.81. The van der Waals surface area contributed by atoms with Gasteiger partial charge in [0, 0.05) is 11.3 Å². The molecule has 0 spiro atoms. The van der Waals surface area contributed by atoms with Gasteiger partial charge >= 0.3 is 6.61 Å². The summed E-state index contributed by atoms with van der Waals surface area (Å²) >= 11 is 1.53. The van der Waals surface area contributed by atoms with Crippen LogP contribution >= 0.6 is 11.8 Å². The van der Waals surface area contributed by atoms with Crippen LogP contribution in [0.4, 0.5) is 8.78 Å². The fraction of sp³-hybridized carbons (Fsp3) is 0.500. The molecule has 1 saturated carbocycles. The maximum Gasteiger partial charge on any atom is 0.387 e. The zero-order valence-electron chi connectivity index (χ0n) is 11.1. The molecule has 0 heterocycles. The Hall–Kier alpha value is -1.30. The number of benzene rings is 1. The van der Waals surface area contributed by atoms with Crippen molar-refractivity contribution in [2.75, 3.05) is 5.75 Å². The molecule has 1 fully saturated rings. The first-order chi connectivity index (χ1) is 9.54. The van der Waals surface area contributed by atoms with Gasteiger partial charge in [0.15, 0.2) is 0 Å². The van der Waals surface area contributed by atoms with Crippen molar-refractivity contribution in [2.45, 2.75) is 37.7 Å². The number of nitrogens with one attached hydrogen (secondary N) is 1. The molecule has 0 aliphatic heterocycles. The molecule has 1 aromatic carbocycles. The van der Waals surface area contributed by atoms with E-state index < -0.39 is 6.61 Å². The van der Waals surface area contributed by atoms with Gasteiger partial charge in [-0.1, -0.05) is 12.1 Å². The highest BCUT2D eigenvalue weighted by molar-refractivity contribution is 8.00. The van der Waals surface area contributed by atoms with E-state index in [0.717, 1.165) is 18.4 Å². The van der Waals surface area contributed by atoms with Gasteiger partial charge in [-0.2, -0.15) is 8.78 Å². The number of carbonyl (C=O) groups excluding carboxylic acids is 1. The van der Waals surface area contributed by atoms with Crippen LogP contribution in [-0.4, -0.2) is 24.3 Å². The monoisotopic (exact) mass is 301 g/mol. The fourth-order valence-electron chi connectivity index (χ4n) is 1.71. The standard InChI is InChI=1S/C14H17F2NO2S/c1-9(20-8-13(18)17-11-4-5-11)10-2-6-12(7-3-10)19-14(15)16/h2-3,6-7,9,11,14H,4-5,8H2,1H3,(H,17,18). The van der Waals surface area contributed by atoms with Gasteiger partial charge < -0.3 is 10.1 Å². The lowest BCUT2D eigenvalue weighted by Crippen LogP contribution is -2.27. The number of hydrogen-bond acceptors (Lipinski definition) is 3. The van der Waals surface area contributed by atoms with Crippen LogP contribution in [0.25, 0.3) is 0 Å². The van der Waals surface area contributed by atoms with Crippen molar-refractivity contribution in [3.05, 3.63) is 29.8 Å². The van der Waals surface area contributed by atoms with E-state index in [4.69, 9.17) is 0 Å². The van der Waals surface area contributed by atoms with Gasteiger partial charge in [0.2, 0.25) is 5.91 Å². The van der Waals surface area contributed by atoms with Gasteiger partial charge in [-0.05, 0) is 37.5 Å². The molecule has 1 N–H and O–H groups in total. The molecule has 1 unspecified atom stereocenters. The van der Waals surface area contributed by atoms with Crippen molar-refractivity contribution < 1.29 is 18.3 Å². The van der Waals surface area contributed by atoms with Gasteiger partial charge in [0.1, 0.15) is 5.75 Å². The Bertz CT molecular complexity index is 449. The third-order valence-corrected chi connectivity index (χ3v) is 4.18. The summed E-state index contributed by atoms with van der Waals surface area (Å²) in [6.07, 6.45) is 2.16. The highest BCUT2D eigenvalue weighted by Gasteiger charge is 2.23. The molecule has 1 aliphatic carbocycles. The summed E-state index contributed by atoms with van der Waals surface area (Å²) in [5, 5.41) is 3.05. The van der Waals surface area contributed by atoms with Gasteiger partial charge in [0.25, 0.3) is 0 Å². The quantitative estimate of drug-likeness (QED) is 0.839. The van der Waals surface area contributed by atoms with Gasteiger partial charge in [-0.25, -0.2) is 0 Å². The number of ether oxygens (including phenoxy) is 1. The maximum atomic E-state index is 12.0. The van der Waals surface area contributed by atoms with Crippen molar-refractivity contribution in [1.82, 2.24) is 5.32 Å².